The molecule has 1 aliphatic heterocycles. The predicted molar refractivity (Wildman–Crippen MR) is 167 cm³/mol. The molecule has 2 aromatic rings. The lowest BCUT2D eigenvalue weighted by molar-refractivity contribution is -0.151. The molecule has 1 saturated heterocycles. The smallest absolute Gasteiger partial charge is 0.335 e. The van der Waals surface area contributed by atoms with Gasteiger partial charge in [0.15, 0.2) is 0 Å². The van der Waals surface area contributed by atoms with Crippen LogP contribution in [-0.4, -0.2) is 71.5 Å². The van der Waals surface area contributed by atoms with Crippen LogP contribution in [0.3, 0.4) is 0 Å². The number of carboxylic acid groups (broad SMARTS) is 1. The summed E-state index contributed by atoms with van der Waals surface area (Å²) in [6.07, 6.45) is 3.28. The molecule has 0 bridgehead atoms. The Kier molecular flexibility index (Phi) is 10.8. The molecule has 4 rings (SSSR count). The van der Waals surface area contributed by atoms with Gasteiger partial charge in [0.25, 0.3) is 0 Å². The van der Waals surface area contributed by atoms with Crippen LogP contribution < -0.4 is 16.0 Å². The molecule has 1 aliphatic carbocycles. The predicted octanol–water partition coefficient (Wildman–Crippen LogP) is 3.59. The van der Waals surface area contributed by atoms with Crippen LogP contribution in [0.1, 0.15) is 86.5 Å². The number of likely N-dealkylation sites (tertiary alicyclic amines) is 1. The fourth-order valence-electron chi connectivity index (χ4n) is 5.94. The molecule has 1 heterocycles. The van der Waals surface area contributed by atoms with E-state index in [2.05, 4.69) is 28.1 Å². The Hall–Kier alpha value is -3.76. The molecular weight excluding hydrogens is 560 g/mol. The third-order valence-corrected chi connectivity index (χ3v) is 8.74. The lowest BCUT2D eigenvalue weighted by Gasteiger charge is -2.43. The number of aryl methyl sites for hydroxylation is 1. The Morgan fingerprint density at radius 3 is 2.41 bits per heavy atom. The first-order chi connectivity index (χ1) is 20.9. The monoisotopic (exact) mass is 606 g/mol. The maximum absolute atomic E-state index is 14.2. The third kappa shape index (κ3) is 8.04. The number of carbonyl (C=O) groups is 4. The molecule has 5 unspecified atom stereocenters. The Morgan fingerprint density at radius 1 is 1.05 bits per heavy atom. The van der Waals surface area contributed by atoms with Gasteiger partial charge in [-0.15, -0.1) is 0 Å². The van der Waals surface area contributed by atoms with E-state index in [1.54, 1.807) is 31.0 Å². The number of hydrogen-bond acceptors (Lipinski definition) is 6. The summed E-state index contributed by atoms with van der Waals surface area (Å²) in [5, 5.41) is 18.3. The van der Waals surface area contributed by atoms with Crippen molar-refractivity contribution in [1.29, 1.82) is 0 Å². The largest absolute Gasteiger partial charge is 0.478 e. The zero-order valence-electron chi connectivity index (χ0n) is 26.4. The number of carboxylic acids is 1. The quantitative estimate of drug-likeness (QED) is 0.324. The highest BCUT2D eigenvalue weighted by Gasteiger charge is 2.43. The van der Waals surface area contributed by atoms with Crippen molar-refractivity contribution >= 4 is 23.7 Å². The van der Waals surface area contributed by atoms with Crippen molar-refractivity contribution < 1.29 is 29.0 Å². The maximum atomic E-state index is 14.2. The molecule has 1 fully saturated rings. The van der Waals surface area contributed by atoms with Gasteiger partial charge < -0.3 is 30.7 Å². The number of aromatic carboxylic acids is 1. The van der Waals surface area contributed by atoms with Gasteiger partial charge >= 0.3 is 5.97 Å². The summed E-state index contributed by atoms with van der Waals surface area (Å²) in [6.45, 7) is 7.99. The van der Waals surface area contributed by atoms with Crippen LogP contribution in [-0.2, 0) is 32.1 Å². The lowest BCUT2D eigenvalue weighted by Crippen LogP contribution is -2.63. The number of nitrogens with one attached hydrogen (secondary N) is 3. The molecule has 10 heteroatoms. The summed E-state index contributed by atoms with van der Waals surface area (Å²) in [5.41, 5.74) is 2.76. The van der Waals surface area contributed by atoms with Crippen LogP contribution in [0.25, 0.3) is 0 Å². The highest BCUT2D eigenvalue weighted by Crippen LogP contribution is 2.31. The number of ether oxygens (including phenoxy) is 1. The van der Waals surface area contributed by atoms with Gasteiger partial charge in [0.2, 0.25) is 17.7 Å². The van der Waals surface area contributed by atoms with Gasteiger partial charge in [0.05, 0.1) is 30.4 Å². The number of rotatable bonds is 10. The molecule has 4 N–H and O–H groups in total. The zero-order chi connectivity index (χ0) is 32.0. The summed E-state index contributed by atoms with van der Waals surface area (Å²) in [7, 11) is 1.69. The SMILES string of the molecule is CNC(C)C(=O)NC(C(=O)N1CCC(OCc2ccc(C(=O)O)cc2)CC1C(=O)NC1CCCc2ccccc21)C(C)(C)C. The minimum atomic E-state index is -0.992. The van der Waals surface area contributed by atoms with Gasteiger partial charge in [-0.25, -0.2) is 4.79 Å². The highest BCUT2D eigenvalue weighted by molar-refractivity contribution is 5.94. The van der Waals surface area contributed by atoms with E-state index in [0.717, 1.165) is 30.4 Å². The molecule has 2 aromatic carbocycles. The fourth-order valence-corrected chi connectivity index (χ4v) is 5.94. The van der Waals surface area contributed by atoms with Gasteiger partial charge in [-0.2, -0.15) is 0 Å². The summed E-state index contributed by atoms with van der Waals surface area (Å²) >= 11 is 0. The van der Waals surface area contributed by atoms with E-state index in [0.29, 0.717) is 19.4 Å². The number of piperidine rings is 1. The standard InChI is InChI=1S/C34H46N4O6/c1-21(35-5)30(39)37-29(34(2,3)4)32(41)38-18-17-25(44-20-22-13-15-24(16-14-22)33(42)43)19-28(38)31(40)36-27-12-8-10-23-9-6-7-11-26(23)27/h6-7,9,11,13-16,21,25,27-29,35H,8,10,12,17-20H2,1-5H3,(H,36,40)(H,37,39)(H,42,43). The molecule has 0 aromatic heterocycles. The van der Waals surface area contributed by atoms with Crippen molar-refractivity contribution in [2.24, 2.45) is 5.41 Å². The van der Waals surface area contributed by atoms with E-state index in [1.807, 2.05) is 32.9 Å². The molecule has 10 nitrogen and oxygen atoms in total. The van der Waals surface area contributed by atoms with Crippen molar-refractivity contribution in [3.05, 3.63) is 70.8 Å². The van der Waals surface area contributed by atoms with Gasteiger partial charge in [-0.3, -0.25) is 14.4 Å². The summed E-state index contributed by atoms with van der Waals surface area (Å²) in [4.78, 5) is 53.9. The van der Waals surface area contributed by atoms with Gasteiger partial charge in [0.1, 0.15) is 12.1 Å². The second kappa shape index (κ2) is 14.3. The van der Waals surface area contributed by atoms with Crippen LogP contribution in [0.4, 0.5) is 0 Å². The van der Waals surface area contributed by atoms with E-state index in [9.17, 15) is 24.3 Å². The van der Waals surface area contributed by atoms with Crippen LogP contribution >= 0.6 is 0 Å². The molecule has 0 spiro atoms. The topological polar surface area (TPSA) is 137 Å². The first-order valence-corrected chi connectivity index (χ1v) is 15.5. The second-order valence-corrected chi connectivity index (χ2v) is 13.0. The van der Waals surface area contributed by atoms with E-state index >= 15 is 0 Å². The van der Waals surface area contributed by atoms with Gasteiger partial charge in [-0.05, 0) is 73.9 Å². The van der Waals surface area contributed by atoms with E-state index in [4.69, 9.17) is 4.74 Å². The third-order valence-electron chi connectivity index (χ3n) is 8.74. The average Bonchev–Trinajstić information content (AvgIpc) is 3.01. The average molecular weight is 607 g/mol. The van der Waals surface area contributed by atoms with E-state index in [1.165, 1.54) is 17.7 Å². The second-order valence-electron chi connectivity index (χ2n) is 13.0. The van der Waals surface area contributed by atoms with Crippen molar-refractivity contribution in [2.45, 2.75) is 96.7 Å². The number of nitrogens with zero attached hydrogens (tertiary/aromatic N) is 1. The Bertz CT molecular complexity index is 1340. The summed E-state index contributed by atoms with van der Waals surface area (Å²) in [6, 6.07) is 12.4. The minimum Gasteiger partial charge on any atom is -0.478 e. The first kappa shape index (κ1) is 33.1. The van der Waals surface area contributed by atoms with Gasteiger partial charge in [0, 0.05) is 13.0 Å². The Morgan fingerprint density at radius 2 is 1.75 bits per heavy atom. The molecule has 238 valence electrons. The van der Waals surface area contributed by atoms with Crippen LogP contribution in [0.2, 0.25) is 0 Å². The van der Waals surface area contributed by atoms with Crippen molar-refractivity contribution in [3.63, 3.8) is 0 Å². The molecule has 3 amide bonds. The van der Waals surface area contributed by atoms with Crippen LogP contribution in [0, 0.1) is 5.41 Å². The number of likely N-dealkylation sites (N-methyl/N-ethyl adjacent to an activating group) is 1. The summed E-state index contributed by atoms with van der Waals surface area (Å²) in [5.74, 6) is -1.80. The first-order valence-electron chi connectivity index (χ1n) is 15.5. The Labute approximate surface area is 259 Å². The molecule has 44 heavy (non-hydrogen) atoms. The zero-order valence-corrected chi connectivity index (χ0v) is 26.4. The summed E-state index contributed by atoms with van der Waals surface area (Å²) < 4.78 is 6.22. The number of fused-ring (bicyclic) bond motifs is 1. The molecular formula is C34H46N4O6. The van der Waals surface area contributed by atoms with Crippen LogP contribution in [0.15, 0.2) is 48.5 Å². The number of amides is 3. The lowest BCUT2D eigenvalue weighted by atomic mass is 9.84. The highest BCUT2D eigenvalue weighted by atomic mass is 16.5. The number of carbonyl (C=O) groups excluding carboxylic acids is 3. The molecule has 0 saturated carbocycles. The minimum absolute atomic E-state index is 0.145. The van der Waals surface area contributed by atoms with Crippen LogP contribution in [0.5, 0.6) is 0 Å². The molecule has 5 atom stereocenters. The van der Waals surface area contributed by atoms with Crippen molar-refractivity contribution in [2.75, 3.05) is 13.6 Å². The normalized spacial score (nSPS) is 21.5. The van der Waals surface area contributed by atoms with E-state index < -0.39 is 29.5 Å². The molecule has 2 aliphatic rings. The molecule has 0 radical (unpaired) electrons. The van der Waals surface area contributed by atoms with Crippen molar-refractivity contribution in [3.8, 4) is 0 Å². The fraction of sp³-hybridized carbons (Fsp3) is 0.529. The van der Waals surface area contributed by atoms with E-state index in [-0.39, 0.29) is 42.0 Å². The maximum Gasteiger partial charge on any atom is 0.335 e. The van der Waals surface area contributed by atoms with Crippen molar-refractivity contribution in [1.82, 2.24) is 20.9 Å². The number of benzene rings is 2. The van der Waals surface area contributed by atoms with Gasteiger partial charge in [-0.1, -0.05) is 57.2 Å². The Balaban J connectivity index is 1.55. The number of hydrogen-bond donors (Lipinski definition) is 4.